The highest BCUT2D eigenvalue weighted by molar-refractivity contribution is 6.16. The number of benzene rings is 1. The summed E-state index contributed by atoms with van der Waals surface area (Å²) < 4.78 is 15.9. The highest BCUT2D eigenvalue weighted by atomic mass is 35.5. The van der Waals surface area contributed by atoms with E-state index in [1.807, 2.05) is 6.07 Å². The molecule has 1 heterocycles. The molecule has 1 unspecified atom stereocenters. The number of rotatable bonds is 7. The summed E-state index contributed by atoms with van der Waals surface area (Å²) in [7, 11) is 0. The molecule has 2 rings (SSSR count). The molecule has 2 nitrogen and oxygen atoms in total. The van der Waals surface area contributed by atoms with Crippen molar-refractivity contribution in [3.8, 4) is 0 Å². The Kier molecular flexibility index (Phi) is 5.41. The predicted octanol–water partition coefficient (Wildman–Crippen LogP) is 5.13. The molecule has 0 aliphatic carbocycles. The van der Waals surface area contributed by atoms with Gasteiger partial charge >= 0.3 is 0 Å². The minimum absolute atomic E-state index is 0.269. The van der Waals surface area contributed by atoms with Gasteiger partial charge in [-0.3, -0.25) is 0 Å². The van der Waals surface area contributed by atoms with Gasteiger partial charge in [0.2, 0.25) is 0 Å². The molecule has 0 bridgehead atoms. The molecule has 1 aromatic heterocycles. The van der Waals surface area contributed by atoms with Crippen LogP contribution in [0.3, 0.4) is 0 Å². The molecule has 0 radical (unpaired) electrons. The van der Waals surface area contributed by atoms with E-state index in [0.29, 0.717) is 17.3 Å². The van der Waals surface area contributed by atoms with Crippen LogP contribution in [-0.4, -0.2) is 9.55 Å². The molecular formula is C16H22ClFN2. The number of nitrogens with zero attached hydrogens (tertiary/aromatic N) is 2. The summed E-state index contributed by atoms with van der Waals surface area (Å²) in [6, 6.07) is 5.11. The third-order valence-corrected chi connectivity index (χ3v) is 4.15. The highest BCUT2D eigenvalue weighted by Crippen LogP contribution is 2.24. The summed E-state index contributed by atoms with van der Waals surface area (Å²) in [5, 5.41) is 0. The van der Waals surface area contributed by atoms with Crippen molar-refractivity contribution in [1.82, 2.24) is 9.55 Å². The van der Waals surface area contributed by atoms with E-state index >= 15 is 0 Å². The molecule has 20 heavy (non-hydrogen) atoms. The molecule has 1 atom stereocenters. The van der Waals surface area contributed by atoms with E-state index in [0.717, 1.165) is 24.3 Å². The monoisotopic (exact) mass is 296 g/mol. The van der Waals surface area contributed by atoms with E-state index in [1.165, 1.54) is 25.3 Å². The predicted molar refractivity (Wildman–Crippen MR) is 82.6 cm³/mol. The number of aromatic nitrogens is 2. The number of hydrogen-bond donors (Lipinski definition) is 0. The molecule has 1 aromatic carbocycles. The number of halogens is 2. The molecule has 0 amide bonds. The molecule has 0 fully saturated rings. The lowest BCUT2D eigenvalue weighted by Gasteiger charge is -2.17. The lowest BCUT2D eigenvalue weighted by molar-refractivity contribution is 0.391. The molecule has 0 aliphatic heterocycles. The van der Waals surface area contributed by atoms with Crippen LogP contribution in [0.4, 0.5) is 4.39 Å². The van der Waals surface area contributed by atoms with Crippen molar-refractivity contribution in [3.05, 3.63) is 29.8 Å². The summed E-state index contributed by atoms with van der Waals surface area (Å²) in [5.41, 5.74) is 1.30. The first-order chi connectivity index (χ1) is 9.71. The van der Waals surface area contributed by atoms with Gasteiger partial charge in [-0.2, -0.15) is 0 Å². The van der Waals surface area contributed by atoms with Crippen LogP contribution in [-0.2, 0) is 12.4 Å². The van der Waals surface area contributed by atoms with Crippen LogP contribution in [0, 0.1) is 11.7 Å². The third kappa shape index (κ3) is 3.14. The summed E-state index contributed by atoms with van der Waals surface area (Å²) in [5.74, 6) is 1.41. The molecule has 0 N–H and O–H groups in total. The quantitative estimate of drug-likeness (QED) is 0.648. The Hall–Kier alpha value is -1.09. The maximum Gasteiger partial charge on any atom is 0.151 e. The first-order valence-corrected chi connectivity index (χ1v) is 7.94. The van der Waals surface area contributed by atoms with Gasteiger partial charge in [0.15, 0.2) is 5.82 Å². The van der Waals surface area contributed by atoms with E-state index in [9.17, 15) is 4.39 Å². The van der Waals surface area contributed by atoms with Gasteiger partial charge in [0, 0.05) is 6.54 Å². The van der Waals surface area contributed by atoms with Gasteiger partial charge in [0.05, 0.1) is 11.4 Å². The van der Waals surface area contributed by atoms with Crippen molar-refractivity contribution < 1.29 is 4.39 Å². The van der Waals surface area contributed by atoms with Gasteiger partial charge in [-0.25, -0.2) is 9.37 Å². The van der Waals surface area contributed by atoms with E-state index in [4.69, 9.17) is 11.6 Å². The summed E-state index contributed by atoms with van der Waals surface area (Å²) in [6.07, 6.45) is 4.76. The SMILES string of the molecule is CCCCC(CC)Cn1c(CCl)nc2c(F)cccc21. The topological polar surface area (TPSA) is 17.8 Å². The van der Waals surface area contributed by atoms with Gasteiger partial charge < -0.3 is 4.57 Å². The number of alkyl halides is 1. The minimum Gasteiger partial charge on any atom is -0.327 e. The second kappa shape index (κ2) is 7.07. The molecule has 0 spiro atoms. The van der Waals surface area contributed by atoms with Crippen LogP contribution in [0.1, 0.15) is 45.4 Å². The first-order valence-electron chi connectivity index (χ1n) is 7.40. The molecule has 4 heteroatoms. The van der Waals surface area contributed by atoms with Crippen LogP contribution in [0.15, 0.2) is 18.2 Å². The Bertz CT molecular complexity index is 565. The molecule has 2 aromatic rings. The van der Waals surface area contributed by atoms with E-state index in [1.54, 1.807) is 6.07 Å². The van der Waals surface area contributed by atoms with Crippen LogP contribution in [0.2, 0.25) is 0 Å². The summed E-state index contributed by atoms with van der Waals surface area (Å²) in [6.45, 7) is 5.29. The number of fused-ring (bicyclic) bond motifs is 1. The number of imidazole rings is 1. The fourth-order valence-corrected chi connectivity index (χ4v) is 2.85. The Morgan fingerprint density at radius 3 is 2.80 bits per heavy atom. The first kappa shape index (κ1) is 15.3. The van der Waals surface area contributed by atoms with Crippen LogP contribution in [0.5, 0.6) is 0 Å². The van der Waals surface area contributed by atoms with Crippen molar-refractivity contribution >= 4 is 22.6 Å². The fraction of sp³-hybridized carbons (Fsp3) is 0.562. The maximum atomic E-state index is 13.8. The lowest BCUT2D eigenvalue weighted by atomic mass is 9.99. The third-order valence-electron chi connectivity index (χ3n) is 3.91. The second-order valence-corrected chi connectivity index (χ2v) is 5.56. The van der Waals surface area contributed by atoms with Gasteiger partial charge in [0.25, 0.3) is 0 Å². The lowest BCUT2D eigenvalue weighted by Crippen LogP contribution is -2.12. The van der Waals surface area contributed by atoms with Crippen LogP contribution < -0.4 is 0 Å². The normalized spacial score (nSPS) is 13.0. The van der Waals surface area contributed by atoms with Gasteiger partial charge in [-0.1, -0.05) is 39.2 Å². The number of unbranched alkanes of at least 4 members (excludes halogenated alkanes) is 1. The van der Waals surface area contributed by atoms with Crippen molar-refractivity contribution in [2.45, 2.75) is 52.0 Å². The average Bonchev–Trinajstić information content (AvgIpc) is 2.82. The van der Waals surface area contributed by atoms with Crippen molar-refractivity contribution in [1.29, 1.82) is 0 Å². The summed E-state index contributed by atoms with van der Waals surface area (Å²) >= 11 is 5.98. The molecule has 110 valence electrons. The molecule has 0 aliphatic rings. The maximum absolute atomic E-state index is 13.8. The van der Waals surface area contributed by atoms with Crippen molar-refractivity contribution in [2.24, 2.45) is 5.92 Å². The largest absolute Gasteiger partial charge is 0.327 e. The van der Waals surface area contributed by atoms with Gasteiger partial charge in [-0.15, -0.1) is 11.6 Å². The zero-order chi connectivity index (χ0) is 14.5. The zero-order valence-corrected chi connectivity index (χ0v) is 13.0. The average molecular weight is 297 g/mol. The van der Waals surface area contributed by atoms with E-state index in [2.05, 4.69) is 23.4 Å². The summed E-state index contributed by atoms with van der Waals surface area (Å²) in [4.78, 5) is 4.35. The Morgan fingerprint density at radius 2 is 2.15 bits per heavy atom. The molecule has 0 saturated heterocycles. The smallest absolute Gasteiger partial charge is 0.151 e. The number of para-hydroxylation sites is 1. The van der Waals surface area contributed by atoms with Crippen molar-refractivity contribution in [3.63, 3.8) is 0 Å². The Labute approximate surface area is 125 Å². The Morgan fingerprint density at radius 1 is 1.35 bits per heavy atom. The number of hydrogen-bond acceptors (Lipinski definition) is 1. The van der Waals surface area contributed by atoms with E-state index in [-0.39, 0.29) is 5.82 Å². The van der Waals surface area contributed by atoms with Crippen LogP contribution in [0.25, 0.3) is 11.0 Å². The fourth-order valence-electron chi connectivity index (χ4n) is 2.64. The van der Waals surface area contributed by atoms with Gasteiger partial charge in [0.1, 0.15) is 11.3 Å². The standard InChI is InChI=1S/C16H22ClFN2/c1-3-5-7-12(4-2)11-20-14-9-6-8-13(18)16(14)19-15(20)10-17/h6,8-9,12H,3-5,7,10-11H2,1-2H3. The molecular weight excluding hydrogens is 275 g/mol. The van der Waals surface area contributed by atoms with E-state index < -0.39 is 0 Å². The Balaban J connectivity index is 2.34. The molecule has 0 saturated carbocycles. The zero-order valence-electron chi connectivity index (χ0n) is 12.2. The van der Waals surface area contributed by atoms with Crippen LogP contribution >= 0.6 is 11.6 Å². The van der Waals surface area contributed by atoms with Gasteiger partial charge in [-0.05, 0) is 24.5 Å². The minimum atomic E-state index is -0.269. The highest BCUT2D eigenvalue weighted by Gasteiger charge is 2.16. The van der Waals surface area contributed by atoms with Crippen molar-refractivity contribution in [2.75, 3.05) is 0 Å². The second-order valence-electron chi connectivity index (χ2n) is 5.30.